The fraction of sp³-hybridized carbons (Fsp3) is 0.286. The molecular formula is C21H22N2O5. The number of alkyl carbamates (subject to hydrolysis) is 1. The van der Waals surface area contributed by atoms with Gasteiger partial charge in [0.1, 0.15) is 12.6 Å². The van der Waals surface area contributed by atoms with Crippen molar-refractivity contribution < 1.29 is 23.9 Å². The van der Waals surface area contributed by atoms with Gasteiger partial charge in [0.15, 0.2) is 0 Å². The van der Waals surface area contributed by atoms with Crippen LogP contribution in [-0.4, -0.2) is 44.3 Å². The molecule has 0 bridgehead atoms. The molecule has 1 atom stereocenters. The molecule has 0 unspecified atom stereocenters. The first kappa shape index (κ1) is 19.4. The number of nitrogens with one attached hydrogen (secondary N) is 2. The molecule has 0 aromatic heterocycles. The van der Waals surface area contributed by atoms with Gasteiger partial charge in [0.25, 0.3) is 0 Å². The van der Waals surface area contributed by atoms with E-state index >= 15 is 0 Å². The van der Waals surface area contributed by atoms with Gasteiger partial charge >= 0.3 is 12.1 Å². The van der Waals surface area contributed by atoms with Gasteiger partial charge in [-0.25, -0.2) is 9.59 Å². The van der Waals surface area contributed by atoms with Crippen molar-refractivity contribution in [1.82, 2.24) is 10.6 Å². The summed E-state index contributed by atoms with van der Waals surface area (Å²) < 4.78 is 10.1. The lowest BCUT2D eigenvalue weighted by molar-refractivity contribution is -0.142. The Balaban J connectivity index is 1.67. The topological polar surface area (TPSA) is 93.7 Å². The maximum absolute atomic E-state index is 12.2. The standard InChI is InChI=1S/C21H22N2O5/c1-13(24)22-11-19(20(25)27-2)23-21(26)28-12-18-16-9-5-3-7-14(16)15-8-4-6-10-17(15)18/h3-10,18-19H,11-12H2,1-2H3,(H,22,24)(H,23,26)/t19-/m0/s1. The molecule has 2 N–H and O–H groups in total. The summed E-state index contributed by atoms with van der Waals surface area (Å²) in [6.45, 7) is 1.38. The highest BCUT2D eigenvalue weighted by molar-refractivity contribution is 5.83. The molecule has 0 radical (unpaired) electrons. The molecule has 0 saturated heterocycles. The average Bonchev–Trinajstić information content (AvgIpc) is 3.02. The molecular weight excluding hydrogens is 360 g/mol. The van der Waals surface area contributed by atoms with Crippen LogP contribution in [0.4, 0.5) is 4.79 Å². The lowest BCUT2D eigenvalue weighted by Gasteiger charge is -2.18. The Bertz CT molecular complexity index is 850. The monoisotopic (exact) mass is 382 g/mol. The van der Waals surface area contributed by atoms with E-state index in [-0.39, 0.29) is 25.0 Å². The predicted molar refractivity (Wildman–Crippen MR) is 103 cm³/mol. The van der Waals surface area contributed by atoms with E-state index in [4.69, 9.17) is 4.74 Å². The first-order chi connectivity index (χ1) is 13.5. The second-order valence-electron chi connectivity index (χ2n) is 6.48. The van der Waals surface area contributed by atoms with Crippen LogP contribution >= 0.6 is 0 Å². The molecule has 1 aliphatic rings. The van der Waals surface area contributed by atoms with Crippen LogP contribution < -0.4 is 10.6 Å². The highest BCUT2D eigenvalue weighted by Crippen LogP contribution is 2.44. The summed E-state index contributed by atoms with van der Waals surface area (Å²) >= 11 is 0. The van der Waals surface area contributed by atoms with Crippen molar-refractivity contribution in [1.29, 1.82) is 0 Å². The molecule has 7 nitrogen and oxygen atoms in total. The Morgan fingerprint density at radius 2 is 1.57 bits per heavy atom. The van der Waals surface area contributed by atoms with E-state index in [2.05, 4.69) is 27.5 Å². The van der Waals surface area contributed by atoms with E-state index < -0.39 is 18.1 Å². The fourth-order valence-electron chi connectivity index (χ4n) is 3.36. The number of hydrogen-bond acceptors (Lipinski definition) is 5. The summed E-state index contributed by atoms with van der Waals surface area (Å²) in [5.74, 6) is -1.06. The number of hydrogen-bond donors (Lipinski definition) is 2. The third kappa shape index (κ3) is 4.14. The van der Waals surface area contributed by atoms with Crippen LogP contribution in [0.25, 0.3) is 11.1 Å². The van der Waals surface area contributed by atoms with E-state index in [0.29, 0.717) is 0 Å². The molecule has 2 aromatic carbocycles. The first-order valence-corrected chi connectivity index (χ1v) is 8.95. The van der Waals surface area contributed by atoms with Crippen molar-refractivity contribution in [2.45, 2.75) is 18.9 Å². The first-order valence-electron chi connectivity index (χ1n) is 8.95. The Labute approximate surface area is 163 Å². The summed E-state index contributed by atoms with van der Waals surface area (Å²) in [6, 6.07) is 15.0. The van der Waals surface area contributed by atoms with Gasteiger partial charge in [0.05, 0.1) is 7.11 Å². The number of carbonyl (C=O) groups excluding carboxylic acids is 3. The van der Waals surface area contributed by atoms with Crippen molar-refractivity contribution in [3.05, 3.63) is 59.7 Å². The number of amides is 2. The molecule has 28 heavy (non-hydrogen) atoms. The van der Waals surface area contributed by atoms with Crippen LogP contribution in [0, 0.1) is 0 Å². The summed E-state index contributed by atoms with van der Waals surface area (Å²) in [4.78, 5) is 35.1. The van der Waals surface area contributed by atoms with Crippen molar-refractivity contribution >= 4 is 18.0 Å². The zero-order chi connectivity index (χ0) is 20.1. The average molecular weight is 382 g/mol. The van der Waals surface area contributed by atoms with Gasteiger partial charge in [-0.3, -0.25) is 4.79 Å². The van der Waals surface area contributed by atoms with E-state index in [1.165, 1.54) is 14.0 Å². The molecule has 0 spiro atoms. The van der Waals surface area contributed by atoms with Gasteiger partial charge in [-0.2, -0.15) is 0 Å². The SMILES string of the molecule is COC(=O)[C@H](CNC(C)=O)NC(=O)OCC1c2ccccc2-c2ccccc21. The van der Waals surface area contributed by atoms with Crippen LogP contribution in [0.3, 0.4) is 0 Å². The lowest BCUT2D eigenvalue weighted by atomic mass is 9.98. The summed E-state index contributed by atoms with van der Waals surface area (Å²) in [7, 11) is 1.21. The highest BCUT2D eigenvalue weighted by Gasteiger charge is 2.29. The van der Waals surface area contributed by atoms with E-state index in [9.17, 15) is 14.4 Å². The number of benzene rings is 2. The van der Waals surface area contributed by atoms with Crippen molar-refractivity contribution in [3.8, 4) is 11.1 Å². The molecule has 0 aliphatic heterocycles. The normalized spacial score (nSPS) is 13.1. The van der Waals surface area contributed by atoms with Crippen molar-refractivity contribution in [2.75, 3.05) is 20.3 Å². The number of ether oxygens (including phenoxy) is 2. The summed E-state index contributed by atoms with van der Waals surface area (Å²) in [6.07, 6.45) is -0.748. The number of fused-ring (bicyclic) bond motifs is 3. The third-order valence-corrected chi connectivity index (χ3v) is 4.68. The highest BCUT2D eigenvalue weighted by atomic mass is 16.6. The molecule has 2 aromatic rings. The van der Waals surface area contributed by atoms with Gasteiger partial charge in [-0.05, 0) is 22.3 Å². The second-order valence-corrected chi connectivity index (χ2v) is 6.48. The molecule has 0 fully saturated rings. The van der Waals surface area contributed by atoms with Gasteiger partial charge in [-0.1, -0.05) is 48.5 Å². The van der Waals surface area contributed by atoms with Gasteiger partial charge < -0.3 is 20.1 Å². The summed E-state index contributed by atoms with van der Waals surface area (Å²) in [5, 5.41) is 4.92. The number of carbonyl (C=O) groups is 3. The molecule has 0 saturated carbocycles. The zero-order valence-corrected chi connectivity index (χ0v) is 15.7. The second kappa shape index (κ2) is 8.56. The number of rotatable bonds is 6. The molecule has 2 amide bonds. The summed E-state index contributed by atoms with van der Waals surface area (Å²) in [5.41, 5.74) is 4.45. The molecule has 7 heteroatoms. The Morgan fingerprint density at radius 1 is 1.00 bits per heavy atom. The third-order valence-electron chi connectivity index (χ3n) is 4.68. The van der Waals surface area contributed by atoms with Crippen LogP contribution in [0.5, 0.6) is 0 Å². The minimum Gasteiger partial charge on any atom is -0.467 e. The zero-order valence-electron chi connectivity index (χ0n) is 15.7. The predicted octanol–water partition coefficient (Wildman–Crippen LogP) is 2.20. The Hall–Kier alpha value is -3.35. The largest absolute Gasteiger partial charge is 0.467 e. The maximum Gasteiger partial charge on any atom is 0.407 e. The van der Waals surface area contributed by atoms with E-state index in [0.717, 1.165) is 22.3 Å². The Morgan fingerprint density at radius 3 is 2.11 bits per heavy atom. The van der Waals surface area contributed by atoms with Crippen LogP contribution in [-0.2, 0) is 19.1 Å². The molecule has 146 valence electrons. The smallest absolute Gasteiger partial charge is 0.407 e. The maximum atomic E-state index is 12.2. The van der Waals surface area contributed by atoms with Crippen LogP contribution in [0.1, 0.15) is 24.0 Å². The molecule has 1 aliphatic carbocycles. The van der Waals surface area contributed by atoms with Crippen molar-refractivity contribution in [3.63, 3.8) is 0 Å². The molecule has 0 heterocycles. The van der Waals surface area contributed by atoms with E-state index in [1.807, 2.05) is 36.4 Å². The quantitative estimate of drug-likeness (QED) is 0.747. The van der Waals surface area contributed by atoms with Gasteiger partial charge in [0, 0.05) is 19.4 Å². The van der Waals surface area contributed by atoms with Gasteiger partial charge in [-0.15, -0.1) is 0 Å². The van der Waals surface area contributed by atoms with Crippen LogP contribution in [0.15, 0.2) is 48.5 Å². The lowest BCUT2D eigenvalue weighted by Crippen LogP contribution is -2.49. The fourth-order valence-corrected chi connectivity index (χ4v) is 3.36. The Kier molecular flexibility index (Phi) is 5.93. The molecule has 3 rings (SSSR count). The minimum absolute atomic E-state index is 0.0772. The van der Waals surface area contributed by atoms with E-state index in [1.54, 1.807) is 0 Å². The number of esters is 1. The van der Waals surface area contributed by atoms with Gasteiger partial charge in [0.2, 0.25) is 5.91 Å². The van der Waals surface area contributed by atoms with Crippen LogP contribution in [0.2, 0.25) is 0 Å². The minimum atomic E-state index is -1.02. The number of methoxy groups -OCH3 is 1. The van der Waals surface area contributed by atoms with Crippen molar-refractivity contribution in [2.24, 2.45) is 0 Å².